The molecule has 0 spiro atoms. The largest absolute Gasteiger partial charge is 0.349 e. The molecule has 0 saturated carbocycles. The van der Waals surface area contributed by atoms with Gasteiger partial charge in [0.25, 0.3) is 5.69 Å². The summed E-state index contributed by atoms with van der Waals surface area (Å²) in [6.45, 7) is 3.59. The molecule has 2 aromatic carbocycles. The van der Waals surface area contributed by atoms with Gasteiger partial charge in [-0.05, 0) is 49.9 Å². The summed E-state index contributed by atoms with van der Waals surface area (Å²) in [5.74, 6) is -1.14. The third-order valence-electron chi connectivity index (χ3n) is 5.63. The number of hydrogen-bond acceptors (Lipinski definition) is 5. The van der Waals surface area contributed by atoms with Crippen LogP contribution in [-0.4, -0.2) is 36.6 Å². The molecule has 11 heteroatoms. The van der Waals surface area contributed by atoms with Gasteiger partial charge in [-0.2, -0.15) is 4.31 Å². The number of nitrogens with one attached hydrogen (secondary N) is 1. The summed E-state index contributed by atoms with van der Waals surface area (Å²) < 4.78 is 40.7. The average Bonchev–Trinajstić information content (AvgIpc) is 2.75. The van der Waals surface area contributed by atoms with Gasteiger partial charge in [0, 0.05) is 31.1 Å². The molecule has 3 rings (SSSR count). The highest BCUT2D eigenvalue weighted by Gasteiger charge is 2.34. The highest BCUT2D eigenvalue weighted by molar-refractivity contribution is 7.89. The lowest BCUT2D eigenvalue weighted by Gasteiger charge is -2.31. The molecule has 0 aliphatic carbocycles. The van der Waals surface area contributed by atoms with Crippen molar-refractivity contribution in [1.29, 1.82) is 0 Å². The lowest BCUT2D eigenvalue weighted by molar-refractivity contribution is -0.385. The summed E-state index contributed by atoms with van der Waals surface area (Å²) in [6, 6.07) is 7.59. The molecule has 1 saturated heterocycles. The molecule has 1 unspecified atom stereocenters. The van der Waals surface area contributed by atoms with E-state index in [0.29, 0.717) is 24.0 Å². The third kappa shape index (κ3) is 5.08. The topological polar surface area (TPSA) is 110 Å². The number of carbonyl (C=O) groups excluding carboxylic acids is 1. The number of nitro groups is 1. The summed E-state index contributed by atoms with van der Waals surface area (Å²) in [4.78, 5) is 23.0. The average molecular weight is 484 g/mol. The molecule has 1 aliphatic heterocycles. The third-order valence-corrected chi connectivity index (χ3v) is 7.96. The zero-order valence-corrected chi connectivity index (χ0v) is 19.1. The molecule has 32 heavy (non-hydrogen) atoms. The van der Waals surface area contributed by atoms with E-state index in [4.69, 9.17) is 11.6 Å². The zero-order chi connectivity index (χ0) is 23.6. The minimum atomic E-state index is -3.93. The molecule has 0 bridgehead atoms. The maximum atomic E-state index is 13.4. The van der Waals surface area contributed by atoms with E-state index in [-0.39, 0.29) is 40.5 Å². The first-order chi connectivity index (χ1) is 15.0. The zero-order valence-electron chi connectivity index (χ0n) is 17.5. The SMILES string of the molecule is Cc1ccc([N+](=O)[O-])cc1S(=O)(=O)N1CCC(C(=O)NC(C)c2ccc(F)c(Cl)c2)CC1. The lowest BCUT2D eigenvalue weighted by Crippen LogP contribution is -2.43. The van der Waals surface area contributed by atoms with Crippen LogP contribution >= 0.6 is 11.6 Å². The molecule has 8 nitrogen and oxygen atoms in total. The van der Waals surface area contributed by atoms with Crippen molar-refractivity contribution in [1.82, 2.24) is 9.62 Å². The van der Waals surface area contributed by atoms with Crippen LogP contribution in [0.2, 0.25) is 5.02 Å². The first kappa shape index (κ1) is 24.1. The highest BCUT2D eigenvalue weighted by atomic mass is 35.5. The van der Waals surface area contributed by atoms with Crippen molar-refractivity contribution in [3.05, 3.63) is 68.5 Å². The molecular formula is C21H23ClFN3O5S. The lowest BCUT2D eigenvalue weighted by atomic mass is 9.96. The smallest absolute Gasteiger partial charge is 0.270 e. The van der Waals surface area contributed by atoms with Crippen LogP contribution < -0.4 is 5.32 Å². The van der Waals surface area contributed by atoms with Gasteiger partial charge in [0.1, 0.15) is 5.82 Å². The first-order valence-corrected chi connectivity index (χ1v) is 11.8. The van der Waals surface area contributed by atoms with Gasteiger partial charge in [-0.3, -0.25) is 14.9 Å². The van der Waals surface area contributed by atoms with Crippen LogP contribution in [0.1, 0.15) is 36.9 Å². The van der Waals surface area contributed by atoms with Crippen LogP contribution in [0.25, 0.3) is 0 Å². The number of non-ortho nitro benzene ring substituents is 1. The second-order valence-electron chi connectivity index (χ2n) is 7.79. The second kappa shape index (κ2) is 9.51. The van der Waals surface area contributed by atoms with E-state index in [2.05, 4.69) is 5.32 Å². The van der Waals surface area contributed by atoms with Crippen LogP contribution in [0, 0.1) is 28.8 Å². The molecule has 1 aliphatic rings. The summed E-state index contributed by atoms with van der Waals surface area (Å²) in [5, 5.41) is 13.9. The number of nitrogens with zero attached hydrogens (tertiary/aromatic N) is 2. The second-order valence-corrected chi connectivity index (χ2v) is 10.1. The van der Waals surface area contributed by atoms with Crippen molar-refractivity contribution in [2.45, 2.75) is 37.6 Å². The van der Waals surface area contributed by atoms with Crippen LogP contribution in [0.15, 0.2) is 41.3 Å². The molecular weight excluding hydrogens is 461 g/mol. The Labute approximate surface area is 190 Å². The Hall–Kier alpha value is -2.56. The highest BCUT2D eigenvalue weighted by Crippen LogP contribution is 2.29. The van der Waals surface area contributed by atoms with E-state index >= 15 is 0 Å². The number of benzene rings is 2. The summed E-state index contributed by atoms with van der Waals surface area (Å²) in [6.07, 6.45) is 0.631. The summed E-state index contributed by atoms with van der Waals surface area (Å²) in [5.41, 5.74) is 0.784. The predicted octanol–water partition coefficient (Wildman–Crippen LogP) is 3.97. The molecule has 1 fully saturated rings. The minimum Gasteiger partial charge on any atom is -0.349 e. The Morgan fingerprint density at radius 3 is 2.50 bits per heavy atom. The van der Waals surface area contributed by atoms with Gasteiger partial charge in [0.2, 0.25) is 15.9 Å². The first-order valence-electron chi connectivity index (χ1n) is 10.0. The summed E-state index contributed by atoms with van der Waals surface area (Å²) in [7, 11) is -3.93. The van der Waals surface area contributed by atoms with Gasteiger partial charge in [-0.15, -0.1) is 0 Å². The number of amides is 1. The molecule has 0 radical (unpaired) electrons. The molecule has 2 aromatic rings. The minimum absolute atomic E-state index is 0.0291. The van der Waals surface area contributed by atoms with Crippen LogP contribution in [0.4, 0.5) is 10.1 Å². The van der Waals surface area contributed by atoms with E-state index < -0.39 is 26.8 Å². The van der Waals surface area contributed by atoms with Gasteiger partial charge in [-0.25, -0.2) is 12.8 Å². The Balaban J connectivity index is 1.65. The van der Waals surface area contributed by atoms with Crippen molar-refractivity contribution in [3.63, 3.8) is 0 Å². The number of halogens is 2. The van der Waals surface area contributed by atoms with Crippen LogP contribution in [0.5, 0.6) is 0 Å². The number of sulfonamides is 1. The molecule has 0 aromatic heterocycles. The molecule has 1 atom stereocenters. The number of carbonyl (C=O) groups is 1. The van der Waals surface area contributed by atoms with Crippen molar-refractivity contribution < 1.29 is 22.5 Å². The monoisotopic (exact) mass is 483 g/mol. The fourth-order valence-electron chi connectivity index (χ4n) is 3.67. The molecule has 172 valence electrons. The maximum absolute atomic E-state index is 13.4. The Kier molecular flexibility index (Phi) is 7.16. The van der Waals surface area contributed by atoms with Gasteiger partial charge >= 0.3 is 0 Å². The Morgan fingerprint density at radius 1 is 1.25 bits per heavy atom. The normalized spacial score (nSPS) is 16.5. The molecule has 1 heterocycles. The van der Waals surface area contributed by atoms with Crippen LogP contribution in [-0.2, 0) is 14.8 Å². The van der Waals surface area contributed by atoms with E-state index in [1.165, 1.54) is 28.6 Å². The van der Waals surface area contributed by atoms with E-state index in [0.717, 1.165) is 6.07 Å². The van der Waals surface area contributed by atoms with Gasteiger partial charge < -0.3 is 5.32 Å². The van der Waals surface area contributed by atoms with Crippen molar-refractivity contribution in [3.8, 4) is 0 Å². The standard InChI is InChI=1S/C21H23ClFN3O5S/c1-13-3-5-17(26(28)29)12-20(13)32(30,31)25-9-7-15(8-10-25)21(27)24-14(2)16-4-6-19(23)18(22)11-16/h3-6,11-12,14-15H,7-10H2,1-2H3,(H,24,27). The van der Waals surface area contributed by atoms with Crippen molar-refractivity contribution >= 4 is 33.2 Å². The predicted molar refractivity (Wildman–Crippen MR) is 117 cm³/mol. The van der Waals surface area contributed by atoms with E-state index in [9.17, 15) is 27.7 Å². The quantitative estimate of drug-likeness (QED) is 0.493. The van der Waals surface area contributed by atoms with Crippen molar-refractivity contribution in [2.24, 2.45) is 5.92 Å². The Bertz CT molecular complexity index is 1150. The Morgan fingerprint density at radius 2 is 1.91 bits per heavy atom. The fraction of sp³-hybridized carbons (Fsp3) is 0.381. The maximum Gasteiger partial charge on any atom is 0.270 e. The van der Waals surface area contributed by atoms with E-state index in [1.54, 1.807) is 19.9 Å². The molecule has 1 amide bonds. The number of rotatable bonds is 6. The number of nitro benzene ring substituents is 1. The number of hydrogen-bond donors (Lipinski definition) is 1. The molecule has 1 N–H and O–H groups in total. The number of aryl methyl sites for hydroxylation is 1. The van der Waals surface area contributed by atoms with E-state index in [1.807, 2.05) is 0 Å². The fourth-order valence-corrected chi connectivity index (χ4v) is 5.58. The van der Waals surface area contributed by atoms with Gasteiger partial charge in [0.05, 0.1) is 20.9 Å². The van der Waals surface area contributed by atoms with Crippen LogP contribution in [0.3, 0.4) is 0 Å². The number of piperidine rings is 1. The van der Waals surface area contributed by atoms with Gasteiger partial charge in [0.15, 0.2) is 0 Å². The summed E-state index contributed by atoms with van der Waals surface area (Å²) >= 11 is 5.80. The van der Waals surface area contributed by atoms with Gasteiger partial charge in [-0.1, -0.05) is 23.7 Å². The van der Waals surface area contributed by atoms with Crippen molar-refractivity contribution in [2.75, 3.05) is 13.1 Å².